The Hall–Kier alpha value is -1.03. The van der Waals surface area contributed by atoms with Crippen molar-refractivity contribution in [1.82, 2.24) is 4.98 Å². The van der Waals surface area contributed by atoms with E-state index in [-0.39, 0.29) is 12.4 Å². The molecule has 0 radical (unpaired) electrons. The average molecular weight is 258 g/mol. The zero-order chi connectivity index (χ0) is 11.0. The highest BCUT2D eigenvalue weighted by molar-refractivity contribution is 6.36. The Labute approximate surface area is 105 Å². The molecule has 0 aliphatic carbocycles. The fourth-order valence-corrected chi connectivity index (χ4v) is 1.93. The van der Waals surface area contributed by atoms with Gasteiger partial charge < -0.3 is 5.43 Å². The number of anilines is 1. The highest BCUT2D eigenvalue weighted by Gasteiger charge is 2.08. The van der Waals surface area contributed by atoms with Crippen LogP contribution < -0.4 is 11.3 Å². The van der Waals surface area contributed by atoms with E-state index < -0.39 is 0 Å². The first-order chi connectivity index (χ1) is 7.13. The number of nitrogens with two attached hydrogens (primary N) is 1. The number of hydrogen-bond acceptors (Lipinski definition) is 3. The van der Waals surface area contributed by atoms with Crippen molar-refractivity contribution in [3.8, 4) is 0 Å². The number of rotatable bonds is 1. The molecule has 86 valence electrons. The molecule has 0 fully saturated rings. The van der Waals surface area contributed by atoms with Gasteiger partial charge in [-0.3, -0.25) is 10.8 Å². The van der Waals surface area contributed by atoms with Gasteiger partial charge in [-0.2, -0.15) is 0 Å². The lowest BCUT2D eigenvalue weighted by molar-refractivity contribution is 1.23. The summed E-state index contributed by atoms with van der Waals surface area (Å²) in [6.07, 6.45) is 0. The predicted octanol–water partition coefficient (Wildman–Crippen LogP) is 3.21. The molecule has 0 aliphatic heterocycles. The second-order valence-corrected chi connectivity index (χ2v) is 3.95. The van der Waals surface area contributed by atoms with E-state index in [1.165, 1.54) is 0 Å². The smallest absolute Gasteiger partial charge is 0.0770 e. The molecule has 3 N–H and O–H groups in total. The number of benzene rings is 1. The lowest BCUT2D eigenvalue weighted by Gasteiger charge is -2.10. The van der Waals surface area contributed by atoms with Gasteiger partial charge in [0.1, 0.15) is 0 Å². The number of halogens is 2. The zero-order valence-corrected chi connectivity index (χ0v) is 10.6. The molecule has 1 aromatic heterocycles. The Morgan fingerprint density at radius 2 is 2.00 bits per heavy atom. The second-order valence-electron chi connectivity index (χ2n) is 3.54. The van der Waals surface area contributed by atoms with Gasteiger partial charge in [-0.1, -0.05) is 17.7 Å². The Morgan fingerprint density at radius 1 is 1.31 bits per heavy atom. The van der Waals surface area contributed by atoms with E-state index in [2.05, 4.69) is 10.4 Å². The monoisotopic (exact) mass is 257 g/mol. The van der Waals surface area contributed by atoms with Gasteiger partial charge in [-0.15, -0.1) is 12.4 Å². The minimum atomic E-state index is 0. The summed E-state index contributed by atoms with van der Waals surface area (Å²) in [6, 6.07) is 5.70. The Balaban J connectivity index is 0.00000128. The van der Waals surface area contributed by atoms with Crippen LogP contribution in [0, 0.1) is 13.8 Å². The number of aromatic nitrogens is 1. The number of nitrogens with zero attached hydrogens (tertiary/aromatic N) is 1. The van der Waals surface area contributed by atoms with E-state index >= 15 is 0 Å². The summed E-state index contributed by atoms with van der Waals surface area (Å²) in [4.78, 5) is 4.46. The van der Waals surface area contributed by atoms with Crippen LogP contribution in [-0.4, -0.2) is 4.98 Å². The number of hydrogen-bond donors (Lipinski definition) is 2. The molecular weight excluding hydrogens is 245 g/mol. The van der Waals surface area contributed by atoms with E-state index in [9.17, 15) is 0 Å². The first kappa shape index (κ1) is 13.0. The van der Waals surface area contributed by atoms with Crippen molar-refractivity contribution >= 4 is 40.6 Å². The Morgan fingerprint density at radius 3 is 2.62 bits per heavy atom. The van der Waals surface area contributed by atoms with E-state index in [4.69, 9.17) is 17.4 Å². The van der Waals surface area contributed by atoms with E-state index in [0.717, 1.165) is 27.8 Å². The summed E-state index contributed by atoms with van der Waals surface area (Å²) >= 11 is 6.13. The Kier molecular flexibility index (Phi) is 3.97. The van der Waals surface area contributed by atoms with Crippen LogP contribution in [0.3, 0.4) is 0 Å². The first-order valence-electron chi connectivity index (χ1n) is 4.66. The maximum absolute atomic E-state index is 6.13. The number of pyridine rings is 1. The third-order valence-corrected chi connectivity index (χ3v) is 2.71. The first-order valence-corrected chi connectivity index (χ1v) is 5.04. The summed E-state index contributed by atoms with van der Waals surface area (Å²) in [7, 11) is 0. The number of fused-ring (bicyclic) bond motifs is 1. The summed E-state index contributed by atoms with van der Waals surface area (Å²) in [5.41, 5.74) is 6.37. The Bertz CT molecular complexity index is 526. The summed E-state index contributed by atoms with van der Waals surface area (Å²) in [5.74, 6) is 5.47. The third-order valence-electron chi connectivity index (χ3n) is 2.40. The van der Waals surface area contributed by atoms with Gasteiger partial charge >= 0.3 is 0 Å². The number of nitrogen functional groups attached to an aromatic ring is 1. The van der Waals surface area contributed by atoms with Crippen LogP contribution in [0.5, 0.6) is 0 Å². The molecule has 1 heterocycles. The van der Waals surface area contributed by atoms with E-state index in [0.29, 0.717) is 5.02 Å². The standard InChI is InChI=1S/C11H12ClN3.ClH/c1-6-3-4-8(12)10-9(15-13)5-7(2)14-11(6)10;/h3-5H,13H2,1-2H3,(H,14,15);1H. The molecule has 0 atom stereocenters. The molecule has 0 unspecified atom stereocenters. The molecule has 0 aliphatic rings. The number of hydrazine groups is 1. The van der Waals surface area contributed by atoms with Gasteiger partial charge in [0.2, 0.25) is 0 Å². The van der Waals surface area contributed by atoms with E-state index in [1.807, 2.05) is 32.0 Å². The minimum Gasteiger partial charge on any atom is -0.323 e. The maximum Gasteiger partial charge on any atom is 0.0770 e. The van der Waals surface area contributed by atoms with Gasteiger partial charge in [0.15, 0.2) is 0 Å². The number of nitrogens with one attached hydrogen (secondary N) is 1. The van der Waals surface area contributed by atoms with Crippen LogP contribution in [0.4, 0.5) is 5.69 Å². The van der Waals surface area contributed by atoms with Crippen LogP contribution in [-0.2, 0) is 0 Å². The van der Waals surface area contributed by atoms with Crippen molar-refractivity contribution in [3.63, 3.8) is 0 Å². The molecule has 0 amide bonds. The van der Waals surface area contributed by atoms with Crippen LogP contribution in [0.2, 0.25) is 5.02 Å². The predicted molar refractivity (Wildman–Crippen MR) is 71.3 cm³/mol. The fourth-order valence-electron chi connectivity index (χ4n) is 1.67. The summed E-state index contributed by atoms with van der Waals surface area (Å²) in [6.45, 7) is 3.94. The highest BCUT2D eigenvalue weighted by Crippen LogP contribution is 2.31. The lowest BCUT2D eigenvalue weighted by Crippen LogP contribution is -2.08. The SMILES string of the molecule is Cc1cc(NN)c2c(Cl)ccc(C)c2n1.Cl. The molecule has 0 saturated heterocycles. The van der Waals surface area contributed by atoms with Crippen molar-refractivity contribution in [2.24, 2.45) is 5.84 Å². The van der Waals surface area contributed by atoms with Crippen LogP contribution in [0.25, 0.3) is 10.9 Å². The van der Waals surface area contributed by atoms with Crippen molar-refractivity contribution < 1.29 is 0 Å². The maximum atomic E-state index is 6.13. The average Bonchev–Trinajstić information content (AvgIpc) is 2.22. The summed E-state index contributed by atoms with van der Waals surface area (Å²) < 4.78 is 0. The quantitative estimate of drug-likeness (QED) is 0.610. The van der Waals surface area contributed by atoms with Crippen molar-refractivity contribution in [2.75, 3.05) is 5.43 Å². The van der Waals surface area contributed by atoms with Crippen molar-refractivity contribution in [1.29, 1.82) is 0 Å². The summed E-state index contributed by atoms with van der Waals surface area (Å²) in [5, 5.41) is 1.54. The van der Waals surface area contributed by atoms with E-state index in [1.54, 1.807) is 0 Å². The molecular formula is C11H13Cl2N3. The molecule has 0 saturated carbocycles. The minimum absolute atomic E-state index is 0. The fraction of sp³-hybridized carbons (Fsp3) is 0.182. The zero-order valence-electron chi connectivity index (χ0n) is 9.04. The van der Waals surface area contributed by atoms with Crippen LogP contribution >= 0.6 is 24.0 Å². The van der Waals surface area contributed by atoms with Crippen LogP contribution in [0.1, 0.15) is 11.3 Å². The number of aryl methyl sites for hydroxylation is 2. The third kappa shape index (κ3) is 2.07. The van der Waals surface area contributed by atoms with Crippen molar-refractivity contribution in [3.05, 3.63) is 34.5 Å². The second kappa shape index (κ2) is 4.87. The van der Waals surface area contributed by atoms with Gasteiger partial charge in [0.05, 0.1) is 16.2 Å². The van der Waals surface area contributed by atoms with Gasteiger partial charge in [-0.05, 0) is 31.5 Å². The molecule has 2 rings (SSSR count). The molecule has 5 heteroatoms. The molecule has 2 aromatic rings. The van der Waals surface area contributed by atoms with Crippen LogP contribution in [0.15, 0.2) is 18.2 Å². The van der Waals surface area contributed by atoms with Gasteiger partial charge in [0, 0.05) is 11.1 Å². The molecule has 1 aromatic carbocycles. The van der Waals surface area contributed by atoms with Gasteiger partial charge in [0.25, 0.3) is 0 Å². The molecule has 3 nitrogen and oxygen atoms in total. The molecule has 0 spiro atoms. The largest absolute Gasteiger partial charge is 0.323 e. The van der Waals surface area contributed by atoms with Gasteiger partial charge in [-0.25, -0.2) is 0 Å². The lowest BCUT2D eigenvalue weighted by atomic mass is 10.1. The topological polar surface area (TPSA) is 50.9 Å². The highest BCUT2D eigenvalue weighted by atomic mass is 35.5. The van der Waals surface area contributed by atoms with Crippen molar-refractivity contribution in [2.45, 2.75) is 13.8 Å². The molecule has 16 heavy (non-hydrogen) atoms. The normalized spacial score (nSPS) is 10.0. The molecule has 0 bridgehead atoms.